The first-order valence-corrected chi connectivity index (χ1v) is 8.26. The van der Waals surface area contributed by atoms with Gasteiger partial charge in [-0.05, 0) is 24.3 Å². The zero-order valence-electron chi connectivity index (χ0n) is 14.8. The predicted octanol–water partition coefficient (Wildman–Crippen LogP) is 4.44. The molecule has 0 aliphatic rings. The molecule has 0 radical (unpaired) electrons. The lowest BCUT2D eigenvalue weighted by atomic mass is 10.1. The van der Waals surface area contributed by atoms with Crippen LogP contribution in [-0.2, 0) is 11.3 Å². The molecule has 132 valence electrons. The van der Waals surface area contributed by atoms with E-state index in [2.05, 4.69) is 4.98 Å². The lowest BCUT2D eigenvalue weighted by molar-refractivity contribution is -0.116. The number of para-hydroxylation sites is 2. The summed E-state index contributed by atoms with van der Waals surface area (Å²) in [6.45, 7) is 1.93. The van der Waals surface area contributed by atoms with E-state index in [-0.39, 0.29) is 5.91 Å². The Balaban J connectivity index is 1.79. The summed E-state index contributed by atoms with van der Waals surface area (Å²) in [7, 11) is 1.62. The summed E-state index contributed by atoms with van der Waals surface area (Å²) in [6, 6.07) is 20.6. The SMILES string of the molecule is COc1ccccc1CN(C(C)=O)c1ccc(Oc2ccccc2)nc1. The van der Waals surface area contributed by atoms with Crippen molar-refractivity contribution in [3.8, 4) is 17.4 Å². The summed E-state index contributed by atoms with van der Waals surface area (Å²) in [5.41, 5.74) is 1.62. The summed E-state index contributed by atoms with van der Waals surface area (Å²) in [5, 5.41) is 0. The molecule has 0 atom stereocenters. The van der Waals surface area contributed by atoms with E-state index in [9.17, 15) is 4.79 Å². The van der Waals surface area contributed by atoms with Crippen LogP contribution in [0.25, 0.3) is 0 Å². The molecule has 3 rings (SSSR count). The Labute approximate surface area is 152 Å². The number of rotatable bonds is 6. The van der Waals surface area contributed by atoms with Crippen molar-refractivity contribution >= 4 is 11.6 Å². The van der Waals surface area contributed by atoms with Crippen molar-refractivity contribution in [1.29, 1.82) is 0 Å². The Hall–Kier alpha value is -3.34. The number of benzene rings is 2. The van der Waals surface area contributed by atoms with Gasteiger partial charge in [0.15, 0.2) is 0 Å². The summed E-state index contributed by atoms with van der Waals surface area (Å²) < 4.78 is 11.1. The fraction of sp³-hybridized carbons (Fsp3) is 0.143. The molecule has 1 amide bonds. The molecule has 0 saturated heterocycles. The van der Waals surface area contributed by atoms with Gasteiger partial charge in [0.05, 0.1) is 25.5 Å². The molecular weight excluding hydrogens is 328 g/mol. The van der Waals surface area contributed by atoms with E-state index in [1.807, 2.05) is 60.7 Å². The van der Waals surface area contributed by atoms with Crippen LogP contribution in [0.3, 0.4) is 0 Å². The first kappa shape index (κ1) is 17.5. The van der Waals surface area contributed by atoms with E-state index < -0.39 is 0 Å². The predicted molar refractivity (Wildman–Crippen MR) is 101 cm³/mol. The topological polar surface area (TPSA) is 51.7 Å². The summed E-state index contributed by atoms with van der Waals surface area (Å²) >= 11 is 0. The van der Waals surface area contributed by atoms with Gasteiger partial charge in [-0.1, -0.05) is 36.4 Å². The Morgan fingerprint density at radius 3 is 2.38 bits per heavy atom. The van der Waals surface area contributed by atoms with Crippen LogP contribution in [0.5, 0.6) is 17.4 Å². The van der Waals surface area contributed by atoms with Crippen LogP contribution in [-0.4, -0.2) is 18.0 Å². The van der Waals surface area contributed by atoms with Gasteiger partial charge in [-0.3, -0.25) is 4.79 Å². The van der Waals surface area contributed by atoms with Crippen molar-refractivity contribution in [2.45, 2.75) is 13.5 Å². The number of hydrogen-bond donors (Lipinski definition) is 0. The molecule has 0 bridgehead atoms. The molecule has 3 aromatic rings. The Morgan fingerprint density at radius 1 is 1.00 bits per heavy atom. The number of amides is 1. The molecule has 0 fully saturated rings. The smallest absolute Gasteiger partial charge is 0.224 e. The number of pyridine rings is 1. The number of carbonyl (C=O) groups is 1. The van der Waals surface area contributed by atoms with Gasteiger partial charge >= 0.3 is 0 Å². The van der Waals surface area contributed by atoms with Gasteiger partial charge in [-0.25, -0.2) is 4.98 Å². The van der Waals surface area contributed by atoms with Crippen LogP contribution in [0.4, 0.5) is 5.69 Å². The number of methoxy groups -OCH3 is 1. The van der Waals surface area contributed by atoms with E-state index in [0.29, 0.717) is 23.9 Å². The van der Waals surface area contributed by atoms with Gasteiger partial charge in [0.2, 0.25) is 11.8 Å². The summed E-state index contributed by atoms with van der Waals surface area (Å²) in [5.74, 6) is 1.86. The monoisotopic (exact) mass is 348 g/mol. The van der Waals surface area contributed by atoms with Crippen LogP contribution in [0.1, 0.15) is 12.5 Å². The molecule has 5 nitrogen and oxygen atoms in total. The second-order valence-electron chi connectivity index (χ2n) is 5.69. The maximum absolute atomic E-state index is 12.2. The first-order chi connectivity index (χ1) is 12.7. The lowest BCUT2D eigenvalue weighted by Gasteiger charge is -2.22. The minimum atomic E-state index is -0.0746. The zero-order valence-corrected chi connectivity index (χ0v) is 14.8. The highest BCUT2D eigenvalue weighted by Gasteiger charge is 2.15. The van der Waals surface area contributed by atoms with Crippen LogP contribution in [0.2, 0.25) is 0 Å². The van der Waals surface area contributed by atoms with E-state index in [4.69, 9.17) is 9.47 Å². The highest BCUT2D eigenvalue weighted by Crippen LogP contribution is 2.25. The molecule has 1 aromatic heterocycles. The van der Waals surface area contributed by atoms with Gasteiger partial charge in [0.1, 0.15) is 11.5 Å². The van der Waals surface area contributed by atoms with Crippen LogP contribution < -0.4 is 14.4 Å². The van der Waals surface area contributed by atoms with E-state index >= 15 is 0 Å². The van der Waals surface area contributed by atoms with Crippen molar-refractivity contribution in [3.05, 3.63) is 78.5 Å². The first-order valence-electron chi connectivity index (χ1n) is 8.26. The highest BCUT2D eigenvalue weighted by molar-refractivity contribution is 5.91. The second-order valence-corrected chi connectivity index (χ2v) is 5.69. The van der Waals surface area contributed by atoms with Gasteiger partial charge in [0, 0.05) is 18.6 Å². The van der Waals surface area contributed by atoms with E-state index in [0.717, 1.165) is 11.3 Å². The van der Waals surface area contributed by atoms with Gasteiger partial charge in [-0.15, -0.1) is 0 Å². The molecule has 0 unspecified atom stereocenters. The number of aromatic nitrogens is 1. The standard InChI is InChI=1S/C21H20N2O3/c1-16(24)23(15-17-8-6-7-11-20(17)25-2)18-12-13-21(22-14-18)26-19-9-4-3-5-10-19/h3-14H,15H2,1-2H3. The maximum atomic E-state index is 12.2. The molecule has 0 spiro atoms. The van der Waals surface area contributed by atoms with Crippen LogP contribution >= 0.6 is 0 Å². The third-order valence-electron chi connectivity index (χ3n) is 3.90. The highest BCUT2D eigenvalue weighted by atomic mass is 16.5. The maximum Gasteiger partial charge on any atom is 0.224 e. The van der Waals surface area contributed by atoms with Crippen molar-refractivity contribution in [3.63, 3.8) is 0 Å². The van der Waals surface area contributed by atoms with E-state index in [1.165, 1.54) is 6.92 Å². The van der Waals surface area contributed by atoms with Crippen molar-refractivity contribution in [2.75, 3.05) is 12.0 Å². The van der Waals surface area contributed by atoms with Crippen molar-refractivity contribution in [1.82, 2.24) is 4.98 Å². The average molecular weight is 348 g/mol. The van der Waals surface area contributed by atoms with E-state index in [1.54, 1.807) is 24.3 Å². The number of anilines is 1. The largest absolute Gasteiger partial charge is 0.496 e. The average Bonchev–Trinajstić information content (AvgIpc) is 2.68. The van der Waals surface area contributed by atoms with Crippen LogP contribution in [0.15, 0.2) is 72.9 Å². The Bertz CT molecular complexity index is 864. The Morgan fingerprint density at radius 2 is 1.73 bits per heavy atom. The summed E-state index contributed by atoms with van der Waals surface area (Å²) in [6.07, 6.45) is 1.63. The third kappa shape index (κ3) is 4.19. The van der Waals surface area contributed by atoms with Crippen molar-refractivity contribution in [2.24, 2.45) is 0 Å². The number of nitrogens with zero attached hydrogens (tertiary/aromatic N) is 2. The lowest BCUT2D eigenvalue weighted by Crippen LogP contribution is -2.28. The second kappa shape index (κ2) is 8.16. The number of carbonyl (C=O) groups excluding carboxylic acids is 1. The number of hydrogen-bond acceptors (Lipinski definition) is 4. The molecule has 2 aromatic carbocycles. The Kier molecular flexibility index (Phi) is 5.49. The molecular formula is C21H20N2O3. The van der Waals surface area contributed by atoms with Crippen LogP contribution in [0, 0.1) is 0 Å². The fourth-order valence-electron chi connectivity index (χ4n) is 2.59. The molecule has 26 heavy (non-hydrogen) atoms. The minimum absolute atomic E-state index is 0.0746. The van der Waals surface area contributed by atoms with Gasteiger partial charge in [0.25, 0.3) is 0 Å². The minimum Gasteiger partial charge on any atom is -0.496 e. The molecule has 5 heteroatoms. The molecule has 1 heterocycles. The third-order valence-corrected chi connectivity index (χ3v) is 3.90. The van der Waals surface area contributed by atoms with Gasteiger partial charge in [-0.2, -0.15) is 0 Å². The molecule has 0 aliphatic carbocycles. The molecule has 0 saturated carbocycles. The fourth-order valence-corrected chi connectivity index (χ4v) is 2.59. The quantitative estimate of drug-likeness (QED) is 0.661. The van der Waals surface area contributed by atoms with Crippen molar-refractivity contribution < 1.29 is 14.3 Å². The molecule has 0 N–H and O–H groups in total. The number of ether oxygens (including phenoxy) is 2. The summed E-state index contributed by atoms with van der Waals surface area (Å²) in [4.78, 5) is 18.1. The van der Waals surface area contributed by atoms with Gasteiger partial charge < -0.3 is 14.4 Å². The zero-order chi connectivity index (χ0) is 18.4. The normalized spacial score (nSPS) is 10.2. The molecule has 0 aliphatic heterocycles.